The zero-order valence-electron chi connectivity index (χ0n) is 18.1. The zero-order chi connectivity index (χ0) is 23.3. The second kappa shape index (κ2) is 13.2. The molecule has 2 aromatic carbocycles. The molecule has 2 aromatic rings. The Kier molecular flexibility index (Phi) is 10.4. The Morgan fingerprint density at radius 3 is 1.78 bits per heavy atom. The van der Waals surface area contributed by atoms with Gasteiger partial charge in [-0.2, -0.15) is 0 Å². The average Bonchev–Trinajstić information content (AvgIpc) is 2.79. The lowest BCUT2D eigenvalue weighted by Gasteiger charge is -2.23. The summed E-state index contributed by atoms with van der Waals surface area (Å²) in [6, 6.07) is 15.4. The smallest absolute Gasteiger partial charge is 0.326 e. The van der Waals surface area contributed by atoms with E-state index >= 15 is 0 Å². The number of benzene rings is 2. The van der Waals surface area contributed by atoms with Crippen LogP contribution in [0.4, 0.5) is 0 Å². The largest absolute Gasteiger partial charge is 0.480 e. The molecule has 0 aliphatic carbocycles. The van der Waals surface area contributed by atoms with Gasteiger partial charge in [0.2, 0.25) is 11.8 Å². The molecule has 0 radical (unpaired) electrons. The van der Waals surface area contributed by atoms with Gasteiger partial charge in [-0.3, -0.25) is 9.59 Å². The second-order valence-corrected chi connectivity index (χ2v) is 7.73. The van der Waals surface area contributed by atoms with Crippen molar-refractivity contribution >= 4 is 17.8 Å². The summed E-state index contributed by atoms with van der Waals surface area (Å²) < 4.78 is 0. The van der Waals surface area contributed by atoms with Crippen LogP contribution in [0.3, 0.4) is 0 Å². The highest BCUT2D eigenvalue weighted by Gasteiger charge is 2.28. The predicted octanol–water partition coefficient (Wildman–Crippen LogP) is 0.982. The van der Waals surface area contributed by atoms with Crippen molar-refractivity contribution in [1.29, 1.82) is 0 Å². The molecule has 0 spiro atoms. The molecule has 0 heterocycles. The highest BCUT2D eigenvalue weighted by Crippen LogP contribution is 2.08. The fourth-order valence-electron chi connectivity index (χ4n) is 3.30. The van der Waals surface area contributed by atoms with Crippen molar-refractivity contribution in [3.8, 4) is 0 Å². The summed E-state index contributed by atoms with van der Waals surface area (Å²) in [5, 5.41) is 14.9. The predicted molar refractivity (Wildman–Crippen MR) is 123 cm³/mol. The molecule has 0 aliphatic heterocycles. The Labute approximate surface area is 188 Å². The minimum absolute atomic E-state index is 0.131. The van der Waals surface area contributed by atoms with Crippen LogP contribution in [0.25, 0.3) is 0 Å². The molecule has 0 saturated carbocycles. The van der Waals surface area contributed by atoms with Crippen molar-refractivity contribution in [2.75, 3.05) is 6.54 Å². The Morgan fingerprint density at radius 2 is 1.28 bits per heavy atom. The molecule has 0 bridgehead atoms. The van der Waals surface area contributed by atoms with Crippen LogP contribution in [0.5, 0.6) is 0 Å². The number of carbonyl (C=O) groups excluding carboxylic acids is 2. The summed E-state index contributed by atoms with van der Waals surface area (Å²) in [6.07, 6.45) is 2.26. The molecule has 7 N–H and O–H groups in total. The number of aliphatic carboxylic acids is 1. The maximum absolute atomic E-state index is 13.0. The van der Waals surface area contributed by atoms with E-state index < -0.39 is 35.9 Å². The van der Waals surface area contributed by atoms with Crippen LogP contribution < -0.4 is 22.1 Å². The van der Waals surface area contributed by atoms with Gasteiger partial charge in [-0.1, -0.05) is 67.1 Å². The van der Waals surface area contributed by atoms with Gasteiger partial charge in [-0.15, -0.1) is 0 Å². The highest BCUT2D eigenvalue weighted by atomic mass is 16.4. The van der Waals surface area contributed by atoms with Crippen LogP contribution in [0.15, 0.2) is 60.7 Å². The van der Waals surface area contributed by atoms with Crippen LogP contribution in [-0.4, -0.2) is 47.6 Å². The topological polar surface area (TPSA) is 148 Å². The van der Waals surface area contributed by atoms with Crippen molar-refractivity contribution < 1.29 is 19.5 Å². The van der Waals surface area contributed by atoms with E-state index in [0.717, 1.165) is 17.5 Å². The minimum Gasteiger partial charge on any atom is -0.480 e. The lowest BCUT2D eigenvalue weighted by atomic mass is 10.0. The van der Waals surface area contributed by atoms with Gasteiger partial charge in [0.15, 0.2) is 0 Å². The number of rotatable bonds is 13. The van der Waals surface area contributed by atoms with Gasteiger partial charge < -0.3 is 27.2 Å². The Morgan fingerprint density at radius 1 is 0.781 bits per heavy atom. The number of hydrogen-bond donors (Lipinski definition) is 5. The van der Waals surface area contributed by atoms with Crippen LogP contribution in [0, 0.1) is 0 Å². The number of carboxylic acid groups (broad SMARTS) is 1. The van der Waals surface area contributed by atoms with Gasteiger partial charge in [-0.05, 0) is 30.5 Å². The molecule has 32 heavy (non-hydrogen) atoms. The number of amides is 2. The molecule has 0 unspecified atom stereocenters. The number of carboxylic acids is 1. The van der Waals surface area contributed by atoms with Gasteiger partial charge >= 0.3 is 5.97 Å². The summed E-state index contributed by atoms with van der Waals surface area (Å²) in [5.74, 6) is -2.17. The van der Waals surface area contributed by atoms with Crippen LogP contribution in [0.1, 0.15) is 30.4 Å². The third-order valence-electron chi connectivity index (χ3n) is 5.12. The molecule has 172 valence electrons. The van der Waals surface area contributed by atoms with E-state index in [2.05, 4.69) is 10.6 Å². The third kappa shape index (κ3) is 8.49. The minimum atomic E-state index is -1.15. The van der Waals surface area contributed by atoms with Crippen molar-refractivity contribution in [3.05, 3.63) is 71.8 Å². The van der Waals surface area contributed by atoms with Gasteiger partial charge in [0.25, 0.3) is 0 Å². The first-order valence-corrected chi connectivity index (χ1v) is 10.8. The number of nitrogens with one attached hydrogen (secondary N) is 2. The standard InChI is InChI=1S/C24H32N4O4/c25-14-8-7-13-19(26)22(29)27-20(15-17-9-3-1-4-10-17)23(30)28-21(24(31)32)16-18-11-5-2-6-12-18/h1-6,9-12,19-21H,7-8,13-16,25-26H2,(H,27,29)(H,28,30)(H,31,32)/t19-,20-,21-/m0/s1. The van der Waals surface area contributed by atoms with Crippen molar-refractivity contribution in [2.24, 2.45) is 11.5 Å². The molecule has 0 aromatic heterocycles. The highest BCUT2D eigenvalue weighted by molar-refractivity contribution is 5.92. The maximum Gasteiger partial charge on any atom is 0.326 e. The first kappa shape index (κ1) is 25.0. The molecule has 3 atom stereocenters. The lowest BCUT2D eigenvalue weighted by molar-refractivity contribution is -0.142. The van der Waals surface area contributed by atoms with Crippen LogP contribution in [-0.2, 0) is 27.2 Å². The van der Waals surface area contributed by atoms with E-state index in [9.17, 15) is 19.5 Å². The first-order valence-electron chi connectivity index (χ1n) is 10.8. The third-order valence-corrected chi connectivity index (χ3v) is 5.12. The Hall–Kier alpha value is -3.23. The maximum atomic E-state index is 13.0. The molecule has 8 heteroatoms. The van der Waals surface area contributed by atoms with E-state index in [1.807, 2.05) is 36.4 Å². The van der Waals surface area contributed by atoms with E-state index in [-0.39, 0.29) is 12.8 Å². The van der Waals surface area contributed by atoms with Crippen molar-refractivity contribution in [3.63, 3.8) is 0 Å². The Bertz CT molecular complexity index is 861. The van der Waals surface area contributed by atoms with Gasteiger partial charge in [0.05, 0.1) is 6.04 Å². The van der Waals surface area contributed by atoms with E-state index in [0.29, 0.717) is 19.4 Å². The molecule has 0 aliphatic rings. The van der Waals surface area contributed by atoms with Gasteiger partial charge in [-0.25, -0.2) is 4.79 Å². The summed E-state index contributed by atoms with van der Waals surface area (Å²) >= 11 is 0. The second-order valence-electron chi connectivity index (χ2n) is 7.73. The van der Waals surface area contributed by atoms with Crippen LogP contribution >= 0.6 is 0 Å². The molecule has 8 nitrogen and oxygen atoms in total. The molecular weight excluding hydrogens is 408 g/mol. The normalized spacial score (nSPS) is 13.6. The Balaban J connectivity index is 2.11. The van der Waals surface area contributed by atoms with Gasteiger partial charge in [0.1, 0.15) is 12.1 Å². The van der Waals surface area contributed by atoms with E-state index in [4.69, 9.17) is 11.5 Å². The number of unbranched alkanes of at least 4 members (excludes halogenated alkanes) is 1. The molecule has 2 amide bonds. The quantitative estimate of drug-likeness (QED) is 0.293. The van der Waals surface area contributed by atoms with Gasteiger partial charge in [0, 0.05) is 12.8 Å². The first-order chi connectivity index (χ1) is 15.4. The number of carbonyl (C=O) groups is 3. The molecule has 2 rings (SSSR count). The molecular formula is C24H32N4O4. The van der Waals surface area contributed by atoms with E-state index in [1.54, 1.807) is 24.3 Å². The average molecular weight is 441 g/mol. The van der Waals surface area contributed by atoms with E-state index in [1.165, 1.54) is 0 Å². The van der Waals surface area contributed by atoms with Crippen molar-refractivity contribution in [1.82, 2.24) is 10.6 Å². The lowest BCUT2D eigenvalue weighted by Crippen LogP contribution is -2.55. The summed E-state index contributed by atoms with van der Waals surface area (Å²) in [4.78, 5) is 37.4. The molecule has 0 fully saturated rings. The number of hydrogen-bond acceptors (Lipinski definition) is 5. The van der Waals surface area contributed by atoms with Crippen molar-refractivity contribution in [2.45, 2.75) is 50.2 Å². The fraction of sp³-hybridized carbons (Fsp3) is 0.375. The fourth-order valence-corrected chi connectivity index (χ4v) is 3.30. The molecule has 0 saturated heterocycles. The summed E-state index contributed by atoms with van der Waals surface area (Å²) in [5.41, 5.74) is 13.1. The SMILES string of the molecule is NCCCC[C@H](N)C(=O)N[C@@H](Cc1ccccc1)C(=O)N[C@@H](Cc1ccccc1)C(=O)O. The zero-order valence-corrected chi connectivity index (χ0v) is 18.1. The summed E-state index contributed by atoms with van der Waals surface area (Å²) in [7, 11) is 0. The monoisotopic (exact) mass is 440 g/mol. The summed E-state index contributed by atoms with van der Waals surface area (Å²) in [6.45, 7) is 0.519. The van der Waals surface area contributed by atoms with Crippen LogP contribution in [0.2, 0.25) is 0 Å². The number of nitrogens with two attached hydrogens (primary N) is 2.